The van der Waals surface area contributed by atoms with Gasteiger partial charge in [0.05, 0.1) is 33.8 Å². The van der Waals surface area contributed by atoms with Crippen molar-refractivity contribution in [2.75, 3.05) is 44.2 Å². The van der Waals surface area contributed by atoms with Gasteiger partial charge in [-0.05, 0) is 85.4 Å². The lowest BCUT2D eigenvalue weighted by Gasteiger charge is -2.25. The number of fused-ring (bicyclic) bond motifs is 1. The molecule has 204 valence electrons. The highest BCUT2D eigenvalue weighted by atomic mass is 79.9. The van der Waals surface area contributed by atoms with E-state index in [2.05, 4.69) is 59.8 Å². The topological polar surface area (TPSA) is 127 Å². The summed E-state index contributed by atoms with van der Waals surface area (Å²) in [6.07, 6.45) is 7.88. The van der Waals surface area contributed by atoms with Crippen LogP contribution in [-0.4, -0.2) is 58.4 Å². The van der Waals surface area contributed by atoms with E-state index in [1.807, 2.05) is 12.1 Å². The number of aromatic nitrogens is 5. The van der Waals surface area contributed by atoms with Crippen molar-refractivity contribution in [2.45, 2.75) is 32.1 Å². The number of benzene rings is 1. The van der Waals surface area contributed by atoms with Crippen LogP contribution in [0.15, 0.2) is 41.3 Å². The molecular formula is C27H32BrN8O2P. The maximum absolute atomic E-state index is 13.3. The van der Waals surface area contributed by atoms with Crippen molar-refractivity contribution in [3.8, 4) is 5.88 Å². The molecule has 1 aromatic carbocycles. The number of hydrogen-bond acceptors (Lipinski definition) is 10. The second kappa shape index (κ2) is 11.5. The number of nitrogens with zero attached hydrogens (tertiary/aromatic N) is 5. The number of piperidine rings is 1. The zero-order valence-corrected chi connectivity index (χ0v) is 24.9. The number of halogens is 1. The average molecular weight is 611 g/mol. The Balaban J connectivity index is 1.49. The number of rotatable bonds is 8. The van der Waals surface area contributed by atoms with Crippen LogP contribution < -0.4 is 26.0 Å². The van der Waals surface area contributed by atoms with Gasteiger partial charge in [0.15, 0.2) is 0 Å². The largest absolute Gasteiger partial charge is 0.480 e. The van der Waals surface area contributed by atoms with Crippen LogP contribution in [0.4, 0.5) is 23.1 Å². The monoisotopic (exact) mass is 610 g/mol. The number of ether oxygens (including phenoxy) is 1. The van der Waals surface area contributed by atoms with Crippen LogP contribution in [-0.2, 0) is 11.0 Å². The third-order valence-corrected chi connectivity index (χ3v) is 8.91. The first-order chi connectivity index (χ1) is 18.8. The summed E-state index contributed by atoms with van der Waals surface area (Å²) in [4.78, 5) is 22.9. The molecule has 3 aromatic heterocycles. The van der Waals surface area contributed by atoms with Crippen molar-refractivity contribution >= 4 is 62.6 Å². The SMILES string of the molecule is CCc1cc(Nc2ncc(Br)c(Nc3ccc4nccnc4c3P(C)(C)=O)n2)c(OC)nc1C1CCNCC1. The molecule has 0 amide bonds. The van der Waals surface area contributed by atoms with E-state index in [1.165, 1.54) is 5.56 Å². The maximum atomic E-state index is 13.3. The summed E-state index contributed by atoms with van der Waals surface area (Å²) in [5.74, 6) is 1.81. The molecular weight excluding hydrogens is 579 g/mol. The highest BCUT2D eigenvalue weighted by Crippen LogP contribution is 2.41. The Labute approximate surface area is 236 Å². The third kappa shape index (κ3) is 5.90. The minimum absolute atomic E-state index is 0.371. The van der Waals surface area contributed by atoms with E-state index in [4.69, 9.17) is 14.7 Å². The van der Waals surface area contributed by atoms with Gasteiger partial charge in [-0.25, -0.2) is 9.97 Å². The average Bonchev–Trinajstić information content (AvgIpc) is 2.94. The molecule has 1 aliphatic heterocycles. The van der Waals surface area contributed by atoms with Gasteiger partial charge < -0.3 is 25.3 Å². The molecule has 0 saturated carbocycles. The van der Waals surface area contributed by atoms with E-state index in [0.29, 0.717) is 55.7 Å². The van der Waals surface area contributed by atoms with Crippen molar-refractivity contribution in [3.05, 3.63) is 52.5 Å². The quantitative estimate of drug-likeness (QED) is 0.225. The fourth-order valence-electron chi connectivity index (χ4n) is 4.96. The third-order valence-electron chi connectivity index (χ3n) is 6.80. The van der Waals surface area contributed by atoms with Crippen LogP contribution >= 0.6 is 23.1 Å². The molecule has 10 nitrogen and oxygen atoms in total. The highest BCUT2D eigenvalue weighted by molar-refractivity contribution is 9.10. The van der Waals surface area contributed by atoms with Crippen molar-refractivity contribution in [1.82, 2.24) is 30.2 Å². The van der Waals surface area contributed by atoms with Gasteiger partial charge >= 0.3 is 0 Å². The predicted octanol–water partition coefficient (Wildman–Crippen LogP) is 5.35. The maximum Gasteiger partial charge on any atom is 0.237 e. The van der Waals surface area contributed by atoms with Gasteiger partial charge in [0.1, 0.15) is 24.2 Å². The molecule has 0 spiro atoms. The molecule has 0 bridgehead atoms. The van der Waals surface area contributed by atoms with Crippen LogP contribution in [0.25, 0.3) is 11.0 Å². The first-order valence-corrected chi connectivity index (χ1v) is 16.3. The van der Waals surface area contributed by atoms with Crippen LogP contribution in [0.1, 0.15) is 36.9 Å². The lowest BCUT2D eigenvalue weighted by Crippen LogP contribution is -2.27. The van der Waals surface area contributed by atoms with Gasteiger partial charge in [0.25, 0.3) is 0 Å². The smallest absolute Gasteiger partial charge is 0.237 e. The Morgan fingerprint density at radius 3 is 2.56 bits per heavy atom. The summed E-state index contributed by atoms with van der Waals surface area (Å²) in [6.45, 7) is 7.58. The van der Waals surface area contributed by atoms with Crippen LogP contribution in [0.5, 0.6) is 5.88 Å². The van der Waals surface area contributed by atoms with Gasteiger partial charge in [0, 0.05) is 24.5 Å². The van der Waals surface area contributed by atoms with Crippen LogP contribution in [0, 0.1) is 0 Å². The molecule has 0 radical (unpaired) electrons. The Kier molecular flexibility index (Phi) is 8.11. The Morgan fingerprint density at radius 1 is 1.08 bits per heavy atom. The van der Waals surface area contributed by atoms with E-state index < -0.39 is 7.14 Å². The normalized spacial score (nSPS) is 14.4. The number of nitrogens with one attached hydrogen (secondary N) is 3. The second-order valence-electron chi connectivity index (χ2n) is 9.84. The van der Waals surface area contributed by atoms with Crippen molar-refractivity contribution in [3.63, 3.8) is 0 Å². The number of methoxy groups -OCH3 is 1. The Bertz CT molecular complexity index is 1550. The molecule has 0 aliphatic carbocycles. The minimum atomic E-state index is -2.72. The van der Waals surface area contributed by atoms with E-state index in [1.54, 1.807) is 39.0 Å². The fourth-order valence-corrected chi connectivity index (χ4v) is 6.64. The van der Waals surface area contributed by atoms with Gasteiger partial charge in [-0.3, -0.25) is 9.97 Å². The summed E-state index contributed by atoms with van der Waals surface area (Å²) in [7, 11) is -1.10. The summed E-state index contributed by atoms with van der Waals surface area (Å²) < 4.78 is 19.7. The Morgan fingerprint density at radius 2 is 1.85 bits per heavy atom. The zero-order chi connectivity index (χ0) is 27.6. The number of anilines is 4. The molecule has 1 saturated heterocycles. The zero-order valence-electron chi connectivity index (χ0n) is 22.5. The fraction of sp³-hybridized carbons (Fsp3) is 0.370. The van der Waals surface area contributed by atoms with Crippen LogP contribution in [0.2, 0.25) is 0 Å². The summed E-state index contributed by atoms with van der Waals surface area (Å²) in [5, 5.41) is 10.7. The van der Waals surface area contributed by atoms with Crippen molar-refractivity contribution < 1.29 is 9.30 Å². The molecule has 5 rings (SSSR count). The second-order valence-corrected chi connectivity index (χ2v) is 13.8. The first kappa shape index (κ1) is 27.4. The lowest BCUT2D eigenvalue weighted by atomic mass is 9.90. The summed E-state index contributed by atoms with van der Waals surface area (Å²) in [6, 6.07) is 5.80. The van der Waals surface area contributed by atoms with E-state index >= 15 is 0 Å². The molecule has 0 unspecified atom stereocenters. The highest BCUT2D eigenvalue weighted by Gasteiger charge is 2.24. The van der Waals surface area contributed by atoms with Gasteiger partial charge in [-0.15, -0.1) is 0 Å². The van der Waals surface area contributed by atoms with Gasteiger partial charge in [-0.1, -0.05) is 6.92 Å². The summed E-state index contributed by atoms with van der Waals surface area (Å²) in [5.41, 5.74) is 4.94. The van der Waals surface area contributed by atoms with E-state index in [9.17, 15) is 4.57 Å². The molecule has 4 aromatic rings. The van der Waals surface area contributed by atoms with Gasteiger partial charge in [0.2, 0.25) is 11.8 Å². The molecule has 0 atom stereocenters. The minimum Gasteiger partial charge on any atom is -0.480 e. The molecule has 3 N–H and O–H groups in total. The first-order valence-electron chi connectivity index (χ1n) is 12.9. The van der Waals surface area contributed by atoms with Crippen molar-refractivity contribution in [2.24, 2.45) is 0 Å². The molecule has 4 heterocycles. The standard InChI is InChI=1S/C27H32BrN8O2P/c1-5-16-14-21(26(38-2)35-22(16)17-8-10-29-11-9-17)34-27-32-15-18(28)25(36-27)33-20-7-6-19-23(31-13-12-30-19)24(20)39(3,4)37/h6-7,12-15,17,29H,5,8-11H2,1-4H3,(H2,32,33,34,36). The lowest BCUT2D eigenvalue weighted by molar-refractivity contribution is 0.391. The molecule has 12 heteroatoms. The molecule has 39 heavy (non-hydrogen) atoms. The number of hydrogen-bond donors (Lipinski definition) is 3. The number of aryl methyl sites for hydroxylation is 1. The van der Waals surface area contributed by atoms with Gasteiger partial charge in [-0.2, -0.15) is 4.98 Å². The van der Waals surface area contributed by atoms with E-state index in [-0.39, 0.29) is 0 Å². The van der Waals surface area contributed by atoms with Crippen molar-refractivity contribution in [1.29, 1.82) is 0 Å². The predicted molar refractivity (Wildman–Crippen MR) is 160 cm³/mol. The number of pyridine rings is 1. The summed E-state index contributed by atoms with van der Waals surface area (Å²) >= 11 is 3.55. The van der Waals surface area contributed by atoms with E-state index in [0.717, 1.165) is 38.0 Å². The Hall–Kier alpha value is -3.14. The molecule has 1 aliphatic rings. The van der Waals surface area contributed by atoms with Crippen LogP contribution in [0.3, 0.4) is 0 Å². The molecule has 1 fully saturated rings.